The van der Waals surface area contributed by atoms with Crippen LogP contribution in [0.1, 0.15) is 18.0 Å². The molecule has 2 rings (SSSR count). The van der Waals surface area contributed by atoms with Gasteiger partial charge in [-0.1, -0.05) is 0 Å². The third-order valence-electron chi connectivity index (χ3n) is 3.36. The number of nitrogens with one attached hydrogen (secondary N) is 1. The monoisotopic (exact) mass is 300 g/mol. The molecule has 1 amide bonds. The van der Waals surface area contributed by atoms with Crippen LogP contribution in [0.2, 0.25) is 0 Å². The molecule has 20 heavy (non-hydrogen) atoms. The van der Waals surface area contributed by atoms with Crippen LogP contribution in [0.25, 0.3) is 0 Å². The maximum absolute atomic E-state index is 13.3. The van der Waals surface area contributed by atoms with Crippen molar-refractivity contribution in [2.24, 2.45) is 0 Å². The van der Waals surface area contributed by atoms with Crippen LogP contribution in [0.4, 0.5) is 4.39 Å². The Kier molecular flexibility index (Phi) is 4.10. The molecule has 1 heterocycles. The van der Waals surface area contributed by atoms with Gasteiger partial charge in [0.2, 0.25) is 5.91 Å². The number of hydrogen-bond acceptors (Lipinski definition) is 4. The number of carbonyl (C=O) groups is 1. The van der Waals surface area contributed by atoms with E-state index in [4.69, 9.17) is 0 Å². The number of benzene rings is 1. The molecule has 1 aromatic rings. The lowest BCUT2D eigenvalue weighted by Gasteiger charge is -2.26. The van der Waals surface area contributed by atoms with Crippen molar-refractivity contribution in [2.45, 2.75) is 17.4 Å². The minimum atomic E-state index is -3.35. The van der Waals surface area contributed by atoms with Crippen LogP contribution in [-0.4, -0.2) is 45.6 Å². The van der Waals surface area contributed by atoms with Gasteiger partial charge in [0, 0.05) is 20.1 Å². The van der Waals surface area contributed by atoms with Crippen LogP contribution in [-0.2, 0) is 14.6 Å². The maximum Gasteiger partial charge on any atom is 0.236 e. The normalized spacial score (nSPS) is 20.2. The van der Waals surface area contributed by atoms with Gasteiger partial charge in [0.1, 0.15) is 5.82 Å². The summed E-state index contributed by atoms with van der Waals surface area (Å²) in [5.41, 5.74) is 0.405. The van der Waals surface area contributed by atoms with Crippen molar-refractivity contribution in [1.82, 2.24) is 10.2 Å². The molecule has 0 saturated heterocycles. The summed E-state index contributed by atoms with van der Waals surface area (Å²) in [5.74, 6) is -0.595. The fraction of sp³-hybridized carbons (Fsp3) is 0.462. The number of carbonyl (C=O) groups excluding carboxylic acids is 1. The number of nitrogens with zero attached hydrogens (tertiary/aromatic N) is 1. The van der Waals surface area contributed by atoms with Gasteiger partial charge in [-0.2, -0.15) is 0 Å². The fourth-order valence-electron chi connectivity index (χ4n) is 2.19. The average molecular weight is 300 g/mol. The molecule has 1 aliphatic rings. The molecule has 0 aliphatic carbocycles. The van der Waals surface area contributed by atoms with E-state index in [1.54, 1.807) is 14.1 Å². The molecule has 110 valence electrons. The standard InChI is InChI=1S/C13H17FN2O3S/c1-16(2)13(17)8-15-11-5-6-20(18,19)12-4-3-9(14)7-10(11)12/h3-4,7,11,15H,5-6,8H2,1-2H3. The summed E-state index contributed by atoms with van der Waals surface area (Å²) in [6.45, 7) is 0.0909. The van der Waals surface area contributed by atoms with E-state index in [1.807, 2.05) is 0 Å². The van der Waals surface area contributed by atoms with Crippen molar-refractivity contribution in [3.8, 4) is 0 Å². The highest BCUT2D eigenvalue weighted by Crippen LogP contribution is 2.32. The number of likely N-dealkylation sites (N-methyl/N-ethyl adjacent to an activating group) is 1. The molecule has 1 N–H and O–H groups in total. The van der Waals surface area contributed by atoms with Crippen LogP contribution in [0.5, 0.6) is 0 Å². The highest BCUT2D eigenvalue weighted by molar-refractivity contribution is 7.91. The van der Waals surface area contributed by atoms with E-state index >= 15 is 0 Å². The number of hydrogen-bond donors (Lipinski definition) is 1. The van der Waals surface area contributed by atoms with Crippen molar-refractivity contribution >= 4 is 15.7 Å². The summed E-state index contributed by atoms with van der Waals surface area (Å²) in [6.07, 6.45) is 0.333. The van der Waals surface area contributed by atoms with E-state index in [0.29, 0.717) is 12.0 Å². The van der Waals surface area contributed by atoms with Gasteiger partial charge in [-0.05, 0) is 30.2 Å². The lowest BCUT2D eigenvalue weighted by atomic mass is 10.0. The van der Waals surface area contributed by atoms with Crippen LogP contribution >= 0.6 is 0 Å². The van der Waals surface area contributed by atoms with Crippen molar-refractivity contribution in [3.63, 3.8) is 0 Å². The first kappa shape index (κ1) is 14.9. The molecule has 7 heteroatoms. The Morgan fingerprint density at radius 2 is 2.15 bits per heavy atom. The zero-order valence-corrected chi connectivity index (χ0v) is 12.2. The molecule has 1 aliphatic heterocycles. The first-order valence-electron chi connectivity index (χ1n) is 6.27. The molecule has 5 nitrogen and oxygen atoms in total. The minimum absolute atomic E-state index is 0.000542. The molecule has 0 fully saturated rings. The highest BCUT2D eigenvalue weighted by atomic mass is 32.2. The highest BCUT2D eigenvalue weighted by Gasteiger charge is 2.30. The molecule has 0 bridgehead atoms. The second-order valence-corrected chi connectivity index (χ2v) is 7.09. The van der Waals surface area contributed by atoms with Crippen LogP contribution in [0, 0.1) is 5.82 Å². The van der Waals surface area contributed by atoms with E-state index in [2.05, 4.69) is 5.32 Å². The van der Waals surface area contributed by atoms with E-state index in [1.165, 1.54) is 17.0 Å². The molecule has 1 atom stereocenters. The topological polar surface area (TPSA) is 66.5 Å². The fourth-order valence-corrected chi connectivity index (χ4v) is 3.80. The number of rotatable bonds is 3. The lowest BCUT2D eigenvalue weighted by Crippen LogP contribution is -2.37. The molecule has 1 unspecified atom stereocenters. The first-order chi connectivity index (χ1) is 9.31. The molecule has 0 saturated carbocycles. The largest absolute Gasteiger partial charge is 0.348 e. The van der Waals surface area contributed by atoms with E-state index in [0.717, 1.165) is 6.07 Å². The summed E-state index contributed by atoms with van der Waals surface area (Å²) in [6, 6.07) is 3.34. The Bertz CT molecular complexity index is 629. The first-order valence-corrected chi connectivity index (χ1v) is 7.92. The number of sulfone groups is 1. The van der Waals surface area contributed by atoms with Gasteiger partial charge in [-0.3, -0.25) is 4.79 Å². The van der Waals surface area contributed by atoms with Gasteiger partial charge < -0.3 is 10.2 Å². The number of halogens is 1. The quantitative estimate of drug-likeness (QED) is 0.836. The Morgan fingerprint density at radius 1 is 1.45 bits per heavy atom. The van der Waals surface area contributed by atoms with Gasteiger partial charge in [0.15, 0.2) is 9.84 Å². The van der Waals surface area contributed by atoms with E-state index < -0.39 is 15.7 Å². The zero-order chi connectivity index (χ0) is 14.9. The summed E-state index contributed by atoms with van der Waals surface area (Å²) in [7, 11) is -0.0650. The van der Waals surface area contributed by atoms with E-state index in [9.17, 15) is 17.6 Å². The van der Waals surface area contributed by atoms with Crippen molar-refractivity contribution in [1.29, 1.82) is 0 Å². The van der Waals surface area contributed by atoms with Crippen LogP contribution < -0.4 is 5.32 Å². The third kappa shape index (κ3) is 2.99. The second-order valence-electron chi connectivity index (χ2n) is 5.01. The summed E-state index contributed by atoms with van der Waals surface area (Å²) in [4.78, 5) is 13.2. The Balaban J connectivity index is 2.26. The second kappa shape index (κ2) is 5.49. The van der Waals surface area contributed by atoms with Gasteiger partial charge in [0.05, 0.1) is 17.2 Å². The average Bonchev–Trinajstić information content (AvgIpc) is 2.37. The van der Waals surface area contributed by atoms with Gasteiger partial charge in [-0.25, -0.2) is 12.8 Å². The maximum atomic E-state index is 13.3. The lowest BCUT2D eigenvalue weighted by molar-refractivity contribution is -0.127. The van der Waals surface area contributed by atoms with Crippen LogP contribution in [0.15, 0.2) is 23.1 Å². The van der Waals surface area contributed by atoms with Crippen molar-refractivity contribution < 1.29 is 17.6 Å². The third-order valence-corrected chi connectivity index (χ3v) is 5.17. The molecule has 0 spiro atoms. The number of amides is 1. The molecular weight excluding hydrogens is 283 g/mol. The number of fused-ring (bicyclic) bond motifs is 1. The zero-order valence-electron chi connectivity index (χ0n) is 11.4. The Labute approximate surface area is 117 Å². The van der Waals surface area contributed by atoms with Crippen molar-refractivity contribution in [3.05, 3.63) is 29.6 Å². The smallest absolute Gasteiger partial charge is 0.236 e. The molecular formula is C13H17FN2O3S. The van der Waals surface area contributed by atoms with Gasteiger partial charge >= 0.3 is 0 Å². The summed E-state index contributed by atoms with van der Waals surface area (Å²) in [5, 5.41) is 3.00. The van der Waals surface area contributed by atoms with Crippen molar-refractivity contribution in [2.75, 3.05) is 26.4 Å². The SMILES string of the molecule is CN(C)C(=O)CNC1CCS(=O)(=O)c2ccc(F)cc21. The molecule has 0 radical (unpaired) electrons. The Hall–Kier alpha value is -1.47. The minimum Gasteiger partial charge on any atom is -0.348 e. The Morgan fingerprint density at radius 3 is 2.80 bits per heavy atom. The predicted molar refractivity (Wildman–Crippen MR) is 72.5 cm³/mol. The summed E-state index contributed by atoms with van der Waals surface area (Å²) >= 11 is 0. The summed E-state index contributed by atoms with van der Waals surface area (Å²) < 4.78 is 37.3. The predicted octanol–water partition coefficient (Wildman–Crippen LogP) is 0.722. The molecule has 1 aromatic carbocycles. The van der Waals surface area contributed by atoms with Gasteiger partial charge in [-0.15, -0.1) is 0 Å². The van der Waals surface area contributed by atoms with Crippen LogP contribution in [0.3, 0.4) is 0 Å². The van der Waals surface area contributed by atoms with E-state index in [-0.39, 0.29) is 29.1 Å². The van der Waals surface area contributed by atoms with Gasteiger partial charge in [0.25, 0.3) is 0 Å². The molecule has 0 aromatic heterocycles.